The van der Waals surface area contributed by atoms with Crippen LogP contribution < -0.4 is 4.74 Å². The molecule has 1 aliphatic carbocycles. The molecule has 1 aromatic heterocycles. The Bertz CT molecular complexity index is 777. The van der Waals surface area contributed by atoms with Crippen molar-refractivity contribution in [3.8, 4) is 5.75 Å². The van der Waals surface area contributed by atoms with E-state index in [0.29, 0.717) is 13.2 Å². The second kappa shape index (κ2) is 8.23. The molecule has 6 nitrogen and oxygen atoms in total. The minimum atomic E-state index is -0.807. The number of methoxy groups -OCH3 is 1. The zero-order valence-corrected chi connectivity index (χ0v) is 16.9. The van der Waals surface area contributed by atoms with Gasteiger partial charge in [-0.15, -0.1) is 0 Å². The maximum atomic E-state index is 11.7. The van der Waals surface area contributed by atoms with E-state index in [1.807, 2.05) is 29.9 Å². The fraction of sp³-hybridized carbons (Fsp3) is 0.591. The number of imidazole rings is 1. The summed E-state index contributed by atoms with van der Waals surface area (Å²) in [4.78, 5) is 7.00. The van der Waals surface area contributed by atoms with Crippen molar-refractivity contribution < 1.29 is 14.6 Å². The van der Waals surface area contributed by atoms with Gasteiger partial charge in [0, 0.05) is 58.0 Å². The van der Waals surface area contributed by atoms with E-state index in [0.717, 1.165) is 44.0 Å². The number of fused-ring (bicyclic) bond motifs is 2. The molecule has 0 spiro atoms. The summed E-state index contributed by atoms with van der Waals surface area (Å²) in [6, 6.07) is 8.31. The molecular formula is C22H31N3O3. The van der Waals surface area contributed by atoms with Gasteiger partial charge < -0.3 is 19.1 Å². The summed E-state index contributed by atoms with van der Waals surface area (Å²) in [7, 11) is 3.66. The SMILES string of the molecule is COCCOc1cccc(CN2C[C@H]3CCC[C@@H](C2)C3(O)c2nccn2C)c1. The Morgan fingerprint density at radius 2 is 2.00 bits per heavy atom. The van der Waals surface area contributed by atoms with Gasteiger partial charge in [-0.25, -0.2) is 4.98 Å². The Labute approximate surface area is 167 Å². The molecule has 2 heterocycles. The average molecular weight is 386 g/mol. The lowest BCUT2D eigenvalue weighted by atomic mass is 9.65. The Kier molecular flexibility index (Phi) is 5.71. The third-order valence-corrected chi connectivity index (χ3v) is 6.35. The first-order chi connectivity index (χ1) is 13.6. The first kappa shape index (κ1) is 19.4. The summed E-state index contributed by atoms with van der Waals surface area (Å²) in [6.45, 7) is 3.82. The van der Waals surface area contributed by atoms with Gasteiger partial charge in [-0.1, -0.05) is 18.6 Å². The van der Waals surface area contributed by atoms with Gasteiger partial charge >= 0.3 is 0 Å². The van der Waals surface area contributed by atoms with E-state index in [2.05, 4.69) is 22.0 Å². The Morgan fingerprint density at radius 1 is 1.21 bits per heavy atom. The summed E-state index contributed by atoms with van der Waals surface area (Å²) in [5.74, 6) is 2.16. The zero-order valence-electron chi connectivity index (χ0n) is 16.9. The third kappa shape index (κ3) is 3.69. The number of aliphatic hydroxyl groups is 1. The van der Waals surface area contributed by atoms with Gasteiger partial charge in [-0.3, -0.25) is 4.90 Å². The molecule has 1 aliphatic heterocycles. The molecule has 1 N–H and O–H groups in total. The van der Waals surface area contributed by atoms with Crippen LogP contribution >= 0.6 is 0 Å². The molecule has 0 amide bonds. The van der Waals surface area contributed by atoms with Crippen LogP contribution in [0.3, 0.4) is 0 Å². The number of ether oxygens (including phenoxy) is 2. The smallest absolute Gasteiger partial charge is 0.141 e. The van der Waals surface area contributed by atoms with E-state index < -0.39 is 5.60 Å². The Hall–Kier alpha value is -1.89. The van der Waals surface area contributed by atoms with Crippen LogP contribution in [0.1, 0.15) is 30.7 Å². The number of hydrogen-bond donors (Lipinski definition) is 1. The van der Waals surface area contributed by atoms with Crippen molar-refractivity contribution >= 4 is 0 Å². The van der Waals surface area contributed by atoms with Gasteiger partial charge in [0.25, 0.3) is 0 Å². The van der Waals surface area contributed by atoms with Crippen molar-refractivity contribution in [1.29, 1.82) is 0 Å². The molecule has 2 fully saturated rings. The minimum absolute atomic E-state index is 0.224. The normalized spacial score (nSPS) is 27.7. The maximum Gasteiger partial charge on any atom is 0.141 e. The first-order valence-corrected chi connectivity index (χ1v) is 10.2. The molecule has 2 bridgehead atoms. The van der Waals surface area contributed by atoms with E-state index in [4.69, 9.17) is 9.47 Å². The molecule has 4 rings (SSSR count). The van der Waals surface area contributed by atoms with Gasteiger partial charge in [0.2, 0.25) is 0 Å². The highest BCUT2D eigenvalue weighted by molar-refractivity contribution is 5.28. The molecule has 0 radical (unpaired) electrons. The molecule has 152 valence electrons. The van der Waals surface area contributed by atoms with E-state index in [9.17, 15) is 5.11 Å². The summed E-state index contributed by atoms with van der Waals surface area (Å²) in [5, 5.41) is 11.7. The van der Waals surface area contributed by atoms with Crippen LogP contribution in [-0.2, 0) is 23.9 Å². The first-order valence-electron chi connectivity index (χ1n) is 10.2. The highest BCUT2D eigenvalue weighted by Gasteiger charge is 2.53. The molecule has 2 aliphatic rings. The van der Waals surface area contributed by atoms with Crippen molar-refractivity contribution in [2.24, 2.45) is 18.9 Å². The van der Waals surface area contributed by atoms with Gasteiger partial charge in [0.15, 0.2) is 0 Å². The lowest BCUT2D eigenvalue weighted by Gasteiger charge is -2.52. The van der Waals surface area contributed by atoms with Crippen LogP contribution in [0.4, 0.5) is 0 Å². The number of hydrogen-bond acceptors (Lipinski definition) is 5. The predicted molar refractivity (Wildman–Crippen MR) is 107 cm³/mol. The third-order valence-electron chi connectivity index (χ3n) is 6.35. The van der Waals surface area contributed by atoms with Crippen molar-refractivity contribution in [2.75, 3.05) is 33.4 Å². The molecule has 1 saturated carbocycles. The molecule has 6 heteroatoms. The van der Waals surface area contributed by atoms with Gasteiger partial charge in [-0.2, -0.15) is 0 Å². The van der Waals surface area contributed by atoms with E-state index in [-0.39, 0.29) is 11.8 Å². The number of aryl methyl sites for hydroxylation is 1. The molecule has 3 atom stereocenters. The monoisotopic (exact) mass is 385 g/mol. The van der Waals surface area contributed by atoms with Gasteiger partial charge in [0.05, 0.1) is 6.61 Å². The molecule has 2 aromatic rings. The highest BCUT2D eigenvalue weighted by atomic mass is 16.5. The quantitative estimate of drug-likeness (QED) is 0.743. The summed E-state index contributed by atoms with van der Waals surface area (Å²) >= 11 is 0. The summed E-state index contributed by atoms with van der Waals surface area (Å²) in [6.07, 6.45) is 7.03. The molecule has 28 heavy (non-hydrogen) atoms. The van der Waals surface area contributed by atoms with Gasteiger partial charge in [-0.05, 0) is 30.5 Å². The lowest BCUT2D eigenvalue weighted by molar-refractivity contribution is -0.155. The number of likely N-dealkylation sites (tertiary alicyclic amines) is 1. The van der Waals surface area contributed by atoms with E-state index in [1.54, 1.807) is 13.3 Å². The Balaban J connectivity index is 1.46. The number of aromatic nitrogens is 2. The summed E-state index contributed by atoms with van der Waals surface area (Å²) < 4.78 is 12.8. The number of rotatable bonds is 7. The zero-order chi connectivity index (χ0) is 19.6. The molecular weight excluding hydrogens is 354 g/mol. The van der Waals surface area contributed by atoms with Crippen molar-refractivity contribution in [3.63, 3.8) is 0 Å². The summed E-state index contributed by atoms with van der Waals surface area (Å²) in [5.41, 5.74) is 0.438. The number of nitrogens with zero attached hydrogens (tertiary/aromatic N) is 3. The van der Waals surface area contributed by atoms with Crippen molar-refractivity contribution in [2.45, 2.75) is 31.4 Å². The molecule has 1 unspecified atom stereocenters. The topological polar surface area (TPSA) is 59.8 Å². The fourth-order valence-corrected chi connectivity index (χ4v) is 5.02. The van der Waals surface area contributed by atoms with Crippen LogP contribution in [0.2, 0.25) is 0 Å². The predicted octanol–water partition coefficient (Wildman–Crippen LogP) is 2.57. The second-order valence-corrected chi connectivity index (χ2v) is 8.19. The largest absolute Gasteiger partial charge is 0.491 e. The minimum Gasteiger partial charge on any atom is -0.491 e. The van der Waals surface area contributed by atoms with Crippen LogP contribution in [0, 0.1) is 11.8 Å². The van der Waals surface area contributed by atoms with Crippen LogP contribution in [0.25, 0.3) is 0 Å². The van der Waals surface area contributed by atoms with Crippen LogP contribution in [0.5, 0.6) is 5.75 Å². The van der Waals surface area contributed by atoms with E-state index in [1.165, 1.54) is 12.0 Å². The average Bonchev–Trinajstić information content (AvgIpc) is 3.10. The lowest BCUT2D eigenvalue weighted by Crippen LogP contribution is -2.58. The molecule has 1 saturated heterocycles. The van der Waals surface area contributed by atoms with Gasteiger partial charge in [0.1, 0.15) is 23.8 Å². The second-order valence-electron chi connectivity index (χ2n) is 8.19. The highest BCUT2D eigenvalue weighted by Crippen LogP contribution is 2.48. The standard InChI is InChI=1S/C22H31N3O3/c1-24-10-9-23-21(24)22(26)18-6-4-7-19(22)16-25(15-18)14-17-5-3-8-20(13-17)28-12-11-27-2/h3,5,8-10,13,18-19,26H,4,6-7,11-12,14-16H2,1-2H3/t18-,19+,22?. The fourth-order valence-electron chi connectivity index (χ4n) is 5.02. The maximum absolute atomic E-state index is 11.7. The Morgan fingerprint density at radius 3 is 2.68 bits per heavy atom. The number of benzene rings is 1. The van der Waals surface area contributed by atoms with Crippen molar-refractivity contribution in [1.82, 2.24) is 14.5 Å². The van der Waals surface area contributed by atoms with E-state index >= 15 is 0 Å². The molecule has 1 aromatic carbocycles. The van der Waals surface area contributed by atoms with Crippen LogP contribution in [0.15, 0.2) is 36.7 Å². The number of piperidine rings is 1. The van der Waals surface area contributed by atoms with Crippen molar-refractivity contribution in [3.05, 3.63) is 48.0 Å². The van der Waals surface area contributed by atoms with Crippen LogP contribution in [-0.4, -0.2) is 53.0 Å².